The van der Waals surface area contributed by atoms with Gasteiger partial charge in [0.05, 0.1) is 11.8 Å². The Morgan fingerprint density at radius 2 is 1.70 bits per heavy atom. The third-order valence-corrected chi connectivity index (χ3v) is 2.42. The van der Waals surface area contributed by atoms with Crippen molar-refractivity contribution in [2.75, 3.05) is 13.1 Å². The summed E-state index contributed by atoms with van der Waals surface area (Å²) in [6.07, 6.45) is 7.39. The first kappa shape index (κ1) is 13.6. The number of hydrogen-bond donors (Lipinski definition) is 2. The van der Waals surface area contributed by atoms with Crippen LogP contribution in [-0.2, 0) is 0 Å². The highest BCUT2D eigenvalue weighted by molar-refractivity contribution is 5.94. The van der Waals surface area contributed by atoms with Crippen LogP contribution in [0.25, 0.3) is 0 Å². The fraction of sp³-hybridized carbons (Fsp3) is 0.154. The van der Waals surface area contributed by atoms with E-state index >= 15 is 0 Å². The molecule has 0 radical (unpaired) electrons. The molecule has 0 aliphatic carbocycles. The van der Waals surface area contributed by atoms with Gasteiger partial charge in [0.15, 0.2) is 0 Å². The second-order valence-corrected chi connectivity index (χ2v) is 3.84. The maximum Gasteiger partial charge on any atom is 0.271 e. The zero-order valence-electron chi connectivity index (χ0n) is 10.6. The summed E-state index contributed by atoms with van der Waals surface area (Å²) in [4.78, 5) is 34.8. The fourth-order valence-corrected chi connectivity index (χ4v) is 1.46. The Hall–Kier alpha value is -2.83. The zero-order chi connectivity index (χ0) is 14.2. The Kier molecular flexibility index (Phi) is 4.71. The molecule has 7 heteroatoms. The SMILES string of the molecule is O=C(NCCNC(=O)c1cnccn1)c1cccnc1. The average molecular weight is 271 g/mol. The first-order valence-electron chi connectivity index (χ1n) is 6.00. The normalized spacial score (nSPS) is 9.80. The van der Waals surface area contributed by atoms with Gasteiger partial charge >= 0.3 is 0 Å². The molecule has 0 spiro atoms. The second-order valence-electron chi connectivity index (χ2n) is 3.84. The number of aromatic nitrogens is 3. The van der Waals surface area contributed by atoms with Gasteiger partial charge in [-0.3, -0.25) is 19.6 Å². The van der Waals surface area contributed by atoms with Crippen molar-refractivity contribution in [3.63, 3.8) is 0 Å². The molecule has 0 saturated heterocycles. The summed E-state index contributed by atoms with van der Waals surface area (Å²) < 4.78 is 0. The summed E-state index contributed by atoms with van der Waals surface area (Å²) in [5.41, 5.74) is 0.721. The van der Waals surface area contributed by atoms with Crippen LogP contribution in [0.5, 0.6) is 0 Å². The Balaban J connectivity index is 1.72. The largest absolute Gasteiger partial charge is 0.350 e. The molecule has 0 aliphatic heterocycles. The fourth-order valence-electron chi connectivity index (χ4n) is 1.46. The molecule has 0 atom stereocenters. The monoisotopic (exact) mass is 271 g/mol. The predicted molar refractivity (Wildman–Crippen MR) is 70.9 cm³/mol. The van der Waals surface area contributed by atoms with Crippen LogP contribution in [0.3, 0.4) is 0 Å². The lowest BCUT2D eigenvalue weighted by atomic mass is 10.3. The van der Waals surface area contributed by atoms with E-state index in [4.69, 9.17) is 0 Å². The number of nitrogens with one attached hydrogen (secondary N) is 2. The van der Waals surface area contributed by atoms with Gasteiger partial charge in [0.25, 0.3) is 11.8 Å². The average Bonchev–Trinajstić information content (AvgIpc) is 2.53. The molecule has 0 bridgehead atoms. The van der Waals surface area contributed by atoms with Gasteiger partial charge in [-0.1, -0.05) is 0 Å². The van der Waals surface area contributed by atoms with E-state index < -0.39 is 0 Å². The first-order valence-corrected chi connectivity index (χ1v) is 6.00. The minimum atomic E-state index is -0.325. The van der Waals surface area contributed by atoms with Gasteiger partial charge in [-0.05, 0) is 12.1 Å². The van der Waals surface area contributed by atoms with Gasteiger partial charge < -0.3 is 10.6 Å². The first-order chi connectivity index (χ1) is 9.77. The third kappa shape index (κ3) is 3.84. The van der Waals surface area contributed by atoms with Gasteiger partial charge in [-0.15, -0.1) is 0 Å². The molecule has 0 fully saturated rings. The molecule has 2 aromatic rings. The van der Waals surface area contributed by atoms with E-state index in [0.717, 1.165) is 0 Å². The van der Waals surface area contributed by atoms with Crippen LogP contribution >= 0.6 is 0 Å². The van der Waals surface area contributed by atoms with Gasteiger partial charge in [0.1, 0.15) is 5.69 Å². The highest BCUT2D eigenvalue weighted by atomic mass is 16.2. The van der Waals surface area contributed by atoms with Crippen molar-refractivity contribution in [1.29, 1.82) is 0 Å². The molecule has 7 nitrogen and oxygen atoms in total. The lowest BCUT2D eigenvalue weighted by Crippen LogP contribution is -2.35. The Bertz CT molecular complexity index is 520. The molecule has 20 heavy (non-hydrogen) atoms. The van der Waals surface area contributed by atoms with E-state index in [2.05, 4.69) is 25.6 Å². The maximum absolute atomic E-state index is 11.7. The number of pyridine rings is 1. The molecule has 2 N–H and O–H groups in total. The van der Waals surface area contributed by atoms with Crippen molar-refractivity contribution in [3.05, 3.63) is 54.4 Å². The number of carbonyl (C=O) groups excluding carboxylic acids is 2. The van der Waals surface area contributed by atoms with Crippen LogP contribution in [0.1, 0.15) is 20.8 Å². The number of rotatable bonds is 5. The second kappa shape index (κ2) is 6.93. The Morgan fingerprint density at radius 3 is 2.35 bits per heavy atom. The molecule has 0 aliphatic rings. The van der Waals surface area contributed by atoms with E-state index in [0.29, 0.717) is 18.7 Å². The summed E-state index contributed by atoms with van der Waals surface area (Å²) in [5, 5.41) is 5.31. The van der Waals surface area contributed by atoms with E-state index in [1.54, 1.807) is 18.3 Å². The van der Waals surface area contributed by atoms with Crippen LogP contribution in [0.4, 0.5) is 0 Å². The van der Waals surface area contributed by atoms with Crippen molar-refractivity contribution in [2.24, 2.45) is 0 Å². The molecule has 0 unspecified atom stereocenters. The molecule has 0 aromatic carbocycles. The van der Waals surface area contributed by atoms with Crippen molar-refractivity contribution in [1.82, 2.24) is 25.6 Å². The van der Waals surface area contributed by atoms with E-state index in [-0.39, 0.29) is 17.5 Å². The minimum Gasteiger partial charge on any atom is -0.350 e. The van der Waals surface area contributed by atoms with Crippen molar-refractivity contribution < 1.29 is 9.59 Å². The van der Waals surface area contributed by atoms with Crippen LogP contribution in [-0.4, -0.2) is 39.9 Å². The van der Waals surface area contributed by atoms with E-state index in [9.17, 15) is 9.59 Å². The van der Waals surface area contributed by atoms with Crippen molar-refractivity contribution in [2.45, 2.75) is 0 Å². The van der Waals surface area contributed by atoms with Gasteiger partial charge in [0, 0.05) is 37.9 Å². The molecule has 2 amide bonds. The highest BCUT2D eigenvalue weighted by Gasteiger charge is 2.07. The third-order valence-electron chi connectivity index (χ3n) is 2.42. The molecular formula is C13H13N5O2. The summed E-state index contributed by atoms with van der Waals surface area (Å²) in [5.74, 6) is -0.555. The van der Waals surface area contributed by atoms with E-state index in [1.807, 2.05) is 0 Å². The van der Waals surface area contributed by atoms with E-state index in [1.165, 1.54) is 24.8 Å². The quantitative estimate of drug-likeness (QED) is 0.748. The zero-order valence-corrected chi connectivity index (χ0v) is 10.6. The molecule has 102 valence electrons. The lowest BCUT2D eigenvalue weighted by molar-refractivity contribution is 0.0924. The predicted octanol–water partition coefficient (Wildman–Crippen LogP) is 0.0314. The van der Waals surface area contributed by atoms with Crippen LogP contribution < -0.4 is 10.6 Å². The summed E-state index contributed by atoms with van der Waals surface area (Å²) in [6.45, 7) is 0.626. The molecular weight excluding hydrogens is 258 g/mol. The maximum atomic E-state index is 11.7. The molecule has 2 heterocycles. The Labute approximate surface area is 115 Å². The van der Waals surface area contributed by atoms with Crippen molar-refractivity contribution >= 4 is 11.8 Å². The van der Waals surface area contributed by atoms with Crippen LogP contribution in [0, 0.1) is 0 Å². The van der Waals surface area contributed by atoms with Crippen LogP contribution in [0.15, 0.2) is 43.1 Å². The van der Waals surface area contributed by atoms with Crippen molar-refractivity contribution in [3.8, 4) is 0 Å². The van der Waals surface area contributed by atoms with Crippen LogP contribution in [0.2, 0.25) is 0 Å². The molecule has 2 rings (SSSR count). The summed E-state index contributed by atoms with van der Waals surface area (Å²) in [6, 6.07) is 3.35. The number of amides is 2. The standard InChI is InChI=1S/C13H13N5O2/c19-12(10-2-1-3-14-8-10)17-6-7-18-13(20)11-9-15-4-5-16-11/h1-5,8-9H,6-7H2,(H,17,19)(H,18,20). The summed E-state index contributed by atoms with van der Waals surface area (Å²) in [7, 11) is 0. The van der Waals surface area contributed by atoms with Gasteiger partial charge in [-0.2, -0.15) is 0 Å². The minimum absolute atomic E-state index is 0.230. The summed E-state index contributed by atoms with van der Waals surface area (Å²) >= 11 is 0. The topological polar surface area (TPSA) is 96.9 Å². The number of hydrogen-bond acceptors (Lipinski definition) is 5. The lowest BCUT2D eigenvalue weighted by Gasteiger charge is -2.06. The molecule has 0 saturated carbocycles. The highest BCUT2D eigenvalue weighted by Crippen LogP contribution is 1.94. The Morgan fingerprint density at radius 1 is 0.950 bits per heavy atom. The van der Waals surface area contributed by atoms with Gasteiger partial charge in [0.2, 0.25) is 0 Å². The smallest absolute Gasteiger partial charge is 0.271 e. The van der Waals surface area contributed by atoms with Gasteiger partial charge in [-0.25, -0.2) is 4.98 Å². The number of nitrogens with zero attached hydrogens (tertiary/aromatic N) is 3. The molecule has 2 aromatic heterocycles. The number of carbonyl (C=O) groups is 2.